The standard InChI is InChI=1S/C21H19N7OS/c22-12-15-17(25-26-20(15)23)8-4-10-24-21(29)16-13-28(14-6-2-1-3-7-14)27-19(16)18-9-5-11-30-18/h1-3,5-7,9,11,13H,4,8,10H2,(H,24,29)(H3,23,25,26). The molecular formula is C21H19N7OS. The highest BCUT2D eigenvalue weighted by Gasteiger charge is 2.19. The second kappa shape index (κ2) is 8.63. The Morgan fingerprint density at radius 1 is 1.27 bits per heavy atom. The van der Waals surface area contributed by atoms with Crippen LogP contribution in [0.15, 0.2) is 54.0 Å². The molecule has 0 saturated carbocycles. The fraction of sp³-hybridized carbons (Fsp3) is 0.143. The van der Waals surface area contributed by atoms with Crippen LogP contribution in [0.1, 0.15) is 28.0 Å². The summed E-state index contributed by atoms with van der Waals surface area (Å²) in [5.74, 6) is 0.00987. The molecule has 150 valence electrons. The summed E-state index contributed by atoms with van der Waals surface area (Å²) in [6.45, 7) is 0.447. The van der Waals surface area contributed by atoms with Gasteiger partial charge in [-0.1, -0.05) is 24.3 Å². The molecule has 4 N–H and O–H groups in total. The summed E-state index contributed by atoms with van der Waals surface area (Å²) in [6.07, 6.45) is 2.96. The number of carbonyl (C=O) groups is 1. The van der Waals surface area contributed by atoms with E-state index in [0.717, 1.165) is 10.6 Å². The van der Waals surface area contributed by atoms with Gasteiger partial charge in [0.1, 0.15) is 17.3 Å². The number of aryl methyl sites for hydroxylation is 1. The van der Waals surface area contributed by atoms with Gasteiger partial charge in [-0.25, -0.2) is 4.68 Å². The lowest BCUT2D eigenvalue weighted by Gasteiger charge is -2.04. The Kier molecular flexibility index (Phi) is 5.59. The molecule has 0 aliphatic carbocycles. The van der Waals surface area contributed by atoms with Crippen LogP contribution in [0.2, 0.25) is 0 Å². The molecule has 0 fully saturated rings. The number of rotatable bonds is 7. The second-order valence-corrected chi connectivity index (χ2v) is 7.53. The van der Waals surface area contributed by atoms with Crippen molar-refractivity contribution in [3.8, 4) is 22.3 Å². The van der Waals surface area contributed by atoms with Crippen LogP contribution in [0, 0.1) is 11.3 Å². The maximum absolute atomic E-state index is 12.9. The summed E-state index contributed by atoms with van der Waals surface area (Å²) >= 11 is 1.54. The number of thiophene rings is 1. The number of hydrogen-bond acceptors (Lipinski definition) is 6. The number of nitrogens with two attached hydrogens (primary N) is 1. The quantitative estimate of drug-likeness (QED) is 0.398. The smallest absolute Gasteiger partial charge is 0.255 e. The lowest BCUT2D eigenvalue weighted by Crippen LogP contribution is -2.25. The molecule has 0 atom stereocenters. The molecule has 0 unspecified atom stereocenters. The van der Waals surface area contributed by atoms with Gasteiger partial charge < -0.3 is 11.1 Å². The number of aromatic nitrogens is 4. The molecule has 30 heavy (non-hydrogen) atoms. The molecule has 3 aromatic heterocycles. The average Bonchev–Trinajstić information content (AvgIpc) is 3.51. The van der Waals surface area contributed by atoms with Gasteiger partial charge in [0.25, 0.3) is 5.91 Å². The van der Waals surface area contributed by atoms with Crippen LogP contribution in [0.5, 0.6) is 0 Å². The zero-order valence-electron chi connectivity index (χ0n) is 16.0. The van der Waals surface area contributed by atoms with E-state index in [0.29, 0.717) is 41.9 Å². The van der Waals surface area contributed by atoms with Crippen molar-refractivity contribution >= 4 is 23.1 Å². The molecule has 0 saturated heterocycles. The molecule has 3 heterocycles. The highest BCUT2D eigenvalue weighted by atomic mass is 32.1. The van der Waals surface area contributed by atoms with E-state index >= 15 is 0 Å². The molecule has 1 amide bonds. The van der Waals surface area contributed by atoms with Gasteiger partial charge in [-0.3, -0.25) is 9.89 Å². The first-order valence-electron chi connectivity index (χ1n) is 9.37. The highest BCUT2D eigenvalue weighted by Crippen LogP contribution is 2.27. The van der Waals surface area contributed by atoms with E-state index in [4.69, 9.17) is 11.0 Å². The SMILES string of the molecule is N#Cc1c(N)n[nH]c1CCCNC(=O)c1cn(-c2ccccc2)nc1-c1cccs1. The minimum atomic E-state index is -0.190. The summed E-state index contributed by atoms with van der Waals surface area (Å²) < 4.78 is 1.72. The summed E-state index contributed by atoms with van der Waals surface area (Å²) in [5.41, 5.74) is 8.75. The van der Waals surface area contributed by atoms with Crippen molar-refractivity contribution in [3.63, 3.8) is 0 Å². The van der Waals surface area contributed by atoms with Crippen molar-refractivity contribution in [1.29, 1.82) is 5.26 Å². The molecule has 1 aromatic carbocycles. The van der Waals surface area contributed by atoms with Gasteiger partial charge in [-0.05, 0) is 36.4 Å². The fourth-order valence-corrected chi connectivity index (χ4v) is 3.83. The van der Waals surface area contributed by atoms with Crippen LogP contribution < -0.4 is 11.1 Å². The Morgan fingerprint density at radius 3 is 2.83 bits per heavy atom. The van der Waals surface area contributed by atoms with Gasteiger partial charge >= 0.3 is 0 Å². The van der Waals surface area contributed by atoms with E-state index in [-0.39, 0.29) is 11.7 Å². The number of benzene rings is 1. The van der Waals surface area contributed by atoms with E-state index < -0.39 is 0 Å². The molecule has 0 aliphatic rings. The minimum absolute atomic E-state index is 0.190. The normalized spacial score (nSPS) is 10.6. The molecule has 9 heteroatoms. The first-order chi connectivity index (χ1) is 14.7. The lowest BCUT2D eigenvalue weighted by atomic mass is 10.1. The molecule has 4 aromatic rings. The average molecular weight is 417 g/mol. The molecule has 0 spiro atoms. The summed E-state index contributed by atoms with van der Waals surface area (Å²) in [6, 6.07) is 15.6. The molecular weight excluding hydrogens is 398 g/mol. The number of nitrogens with zero attached hydrogens (tertiary/aromatic N) is 4. The van der Waals surface area contributed by atoms with Gasteiger partial charge in [-0.2, -0.15) is 15.5 Å². The summed E-state index contributed by atoms with van der Waals surface area (Å²) in [4.78, 5) is 13.8. The number of aromatic amines is 1. The predicted octanol–water partition coefficient (Wildman–Crippen LogP) is 3.14. The number of nitrogens with one attached hydrogen (secondary N) is 2. The van der Waals surface area contributed by atoms with Crippen LogP contribution in [-0.4, -0.2) is 32.4 Å². The van der Waals surface area contributed by atoms with Crippen molar-refractivity contribution in [2.45, 2.75) is 12.8 Å². The van der Waals surface area contributed by atoms with Gasteiger partial charge in [0.15, 0.2) is 5.82 Å². The van der Waals surface area contributed by atoms with Crippen molar-refractivity contribution in [2.24, 2.45) is 0 Å². The Bertz CT molecular complexity index is 1190. The topological polar surface area (TPSA) is 125 Å². The molecule has 4 rings (SSSR count). The maximum Gasteiger partial charge on any atom is 0.255 e. The highest BCUT2D eigenvalue weighted by molar-refractivity contribution is 7.13. The number of H-pyrrole nitrogens is 1. The molecule has 0 radical (unpaired) electrons. The van der Waals surface area contributed by atoms with Crippen LogP contribution >= 0.6 is 11.3 Å². The third-order valence-electron chi connectivity index (χ3n) is 4.60. The maximum atomic E-state index is 12.9. The van der Waals surface area contributed by atoms with Gasteiger partial charge in [0.05, 0.1) is 21.8 Å². The zero-order valence-corrected chi connectivity index (χ0v) is 16.8. The molecule has 0 aliphatic heterocycles. The summed E-state index contributed by atoms with van der Waals surface area (Å²) in [5, 5.41) is 25.3. The van der Waals surface area contributed by atoms with Crippen molar-refractivity contribution in [2.75, 3.05) is 12.3 Å². The lowest BCUT2D eigenvalue weighted by molar-refractivity contribution is 0.0954. The Hall–Kier alpha value is -3.90. The van der Waals surface area contributed by atoms with E-state index in [1.165, 1.54) is 11.3 Å². The zero-order chi connectivity index (χ0) is 20.9. The third kappa shape index (κ3) is 3.94. The Balaban J connectivity index is 1.48. The van der Waals surface area contributed by atoms with E-state index in [1.807, 2.05) is 53.9 Å². The number of nitrogen functional groups attached to an aromatic ring is 1. The van der Waals surface area contributed by atoms with Gasteiger partial charge in [0, 0.05) is 12.7 Å². The number of carbonyl (C=O) groups excluding carboxylic acids is 1. The summed E-state index contributed by atoms with van der Waals surface area (Å²) in [7, 11) is 0. The molecule has 0 bridgehead atoms. The Labute approximate surface area is 177 Å². The monoisotopic (exact) mass is 417 g/mol. The predicted molar refractivity (Wildman–Crippen MR) is 115 cm³/mol. The third-order valence-corrected chi connectivity index (χ3v) is 5.48. The van der Waals surface area contributed by atoms with E-state index in [2.05, 4.69) is 20.6 Å². The number of anilines is 1. The van der Waals surface area contributed by atoms with E-state index in [9.17, 15) is 4.79 Å². The number of para-hydroxylation sites is 1. The number of hydrogen-bond donors (Lipinski definition) is 3. The van der Waals surface area contributed by atoms with Crippen LogP contribution in [0.3, 0.4) is 0 Å². The second-order valence-electron chi connectivity index (χ2n) is 6.58. The number of nitriles is 1. The molecule has 8 nitrogen and oxygen atoms in total. The van der Waals surface area contributed by atoms with Crippen LogP contribution in [-0.2, 0) is 6.42 Å². The number of amides is 1. The Morgan fingerprint density at radius 2 is 2.10 bits per heavy atom. The van der Waals surface area contributed by atoms with Crippen molar-refractivity contribution in [3.05, 3.63) is 70.9 Å². The first kappa shape index (κ1) is 19.4. The van der Waals surface area contributed by atoms with Crippen LogP contribution in [0.25, 0.3) is 16.3 Å². The van der Waals surface area contributed by atoms with Gasteiger partial charge in [-0.15, -0.1) is 11.3 Å². The van der Waals surface area contributed by atoms with Crippen molar-refractivity contribution < 1.29 is 4.79 Å². The van der Waals surface area contributed by atoms with Crippen molar-refractivity contribution in [1.82, 2.24) is 25.3 Å². The van der Waals surface area contributed by atoms with Crippen LogP contribution in [0.4, 0.5) is 5.82 Å². The van der Waals surface area contributed by atoms with E-state index in [1.54, 1.807) is 10.9 Å². The largest absolute Gasteiger partial charge is 0.381 e. The first-order valence-corrected chi connectivity index (χ1v) is 10.3. The van der Waals surface area contributed by atoms with Gasteiger partial charge in [0.2, 0.25) is 0 Å². The minimum Gasteiger partial charge on any atom is -0.381 e. The fourth-order valence-electron chi connectivity index (χ4n) is 3.11.